The number of urea groups is 1. The van der Waals surface area contributed by atoms with Crippen molar-refractivity contribution in [1.29, 1.82) is 0 Å². The van der Waals surface area contributed by atoms with E-state index in [1.54, 1.807) is 6.07 Å². The molecule has 0 aromatic heterocycles. The van der Waals surface area contributed by atoms with Crippen molar-refractivity contribution >= 4 is 23.3 Å². The van der Waals surface area contributed by atoms with Gasteiger partial charge in [0.05, 0.1) is 0 Å². The van der Waals surface area contributed by atoms with Gasteiger partial charge in [0.1, 0.15) is 5.82 Å². The molecule has 3 amide bonds. The lowest BCUT2D eigenvalue weighted by atomic mass is 9.93. The molecule has 6 nitrogen and oxygen atoms in total. The number of nitrogens with zero attached hydrogens (tertiary/aromatic N) is 2. The quantitative estimate of drug-likeness (QED) is 0.564. The minimum atomic E-state index is -0.454. The number of anilines is 2. The number of carbonyl (C=O) groups excluding carboxylic acids is 2. The van der Waals surface area contributed by atoms with Crippen LogP contribution in [-0.4, -0.2) is 42.5 Å². The highest BCUT2D eigenvalue weighted by molar-refractivity contribution is 6.04. The summed E-state index contributed by atoms with van der Waals surface area (Å²) in [5, 5.41) is 6.00. The summed E-state index contributed by atoms with van der Waals surface area (Å²) in [6.45, 7) is 6.39. The highest BCUT2D eigenvalue weighted by atomic mass is 19.1. The van der Waals surface area contributed by atoms with Crippen LogP contribution in [0.15, 0.2) is 42.5 Å². The Morgan fingerprint density at radius 2 is 1.74 bits per heavy atom. The second kappa shape index (κ2) is 10.9. The highest BCUT2D eigenvalue weighted by Gasteiger charge is 2.28. The van der Waals surface area contributed by atoms with Crippen molar-refractivity contribution in [1.82, 2.24) is 10.2 Å². The van der Waals surface area contributed by atoms with Gasteiger partial charge >= 0.3 is 6.03 Å². The van der Waals surface area contributed by atoms with Crippen LogP contribution in [0.5, 0.6) is 0 Å². The first-order valence-corrected chi connectivity index (χ1v) is 12.0. The second-order valence-corrected chi connectivity index (χ2v) is 10.3. The molecule has 1 saturated carbocycles. The summed E-state index contributed by atoms with van der Waals surface area (Å²) in [6, 6.07) is 11.4. The number of benzene rings is 2. The minimum Gasteiger partial charge on any atom is -0.377 e. The fourth-order valence-corrected chi connectivity index (χ4v) is 4.39. The van der Waals surface area contributed by atoms with Crippen molar-refractivity contribution in [3.05, 3.63) is 59.4 Å². The topological polar surface area (TPSA) is 64.7 Å². The van der Waals surface area contributed by atoms with Crippen LogP contribution >= 0.6 is 0 Å². The van der Waals surface area contributed by atoms with E-state index in [9.17, 15) is 14.0 Å². The molecule has 0 saturated heterocycles. The van der Waals surface area contributed by atoms with Crippen LogP contribution in [0.4, 0.5) is 20.6 Å². The lowest BCUT2D eigenvalue weighted by Gasteiger charge is -2.37. The molecule has 0 bridgehead atoms. The predicted molar refractivity (Wildman–Crippen MR) is 136 cm³/mol. The molecular formula is C27H37FN4O2. The van der Waals surface area contributed by atoms with Gasteiger partial charge in [-0.15, -0.1) is 0 Å². The molecule has 0 spiro atoms. The fraction of sp³-hybridized carbons (Fsp3) is 0.481. The Morgan fingerprint density at radius 3 is 2.35 bits per heavy atom. The highest BCUT2D eigenvalue weighted by Crippen LogP contribution is 2.29. The van der Waals surface area contributed by atoms with Gasteiger partial charge < -0.3 is 20.4 Å². The van der Waals surface area contributed by atoms with Gasteiger partial charge in [0, 0.05) is 49.2 Å². The van der Waals surface area contributed by atoms with Crippen LogP contribution in [0.2, 0.25) is 0 Å². The number of hydrogen-bond acceptors (Lipinski definition) is 3. The van der Waals surface area contributed by atoms with E-state index in [2.05, 4.69) is 10.6 Å². The Hall–Kier alpha value is -3.09. The Labute approximate surface area is 202 Å². The average molecular weight is 469 g/mol. The number of halogens is 1. The van der Waals surface area contributed by atoms with Gasteiger partial charge in [0.25, 0.3) is 5.91 Å². The predicted octanol–water partition coefficient (Wildman–Crippen LogP) is 5.79. The summed E-state index contributed by atoms with van der Waals surface area (Å²) in [4.78, 5) is 29.9. The molecule has 3 rings (SSSR count). The molecule has 2 aromatic rings. The lowest BCUT2D eigenvalue weighted by Crippen LogP contribution is -2.52. The molecular weight excluding hydrogens is 431 g/mol. The van der Waals surface area contributed by atoms with Crippen LogP contribution < -0.4 is 15.5 Å². The molecule has 0 atom stereocenters. The maximum atomic E-state index is 13.6. The third kappa shape index (κ3) is 6.95. The molecule has 1 fully saturated rings. The van der Waals surface area contributed by atoms with Crippen molar-refractivity contribution in [3.63, 3.8) is 0 Å². The van der Waals surface area contributed by atoms with E-state index < -0.39 is 5.82 Å². The number of nitrogens with one attached hydrogen (secondary N) is 2. The van der Waals surface area contributed by atoms with Gasteiger partial charge in [-0.05, 0) is 75.6 Å². The summed E-state index contributed by atoms with van der Waals surface area (Å²) in [7, 11) is 3.92. The van der Waals surface area contributed by atoms with Gasteiger partial charge in [-0.3, -0.25) is 4.79 Å². The third-order valence-electron chi connectivity index (χ3n) is 6.00. The fourth-order valence-electron chi connectivity index (χ4n) is 4.39. The van der Waals surface area contributed by atoms with Crippen LogP contribution in [0.25, 0.3) is 0 Å². The molecule has 2 N–H and O–H groups in total. The first-order valence-electron chi connectivity index (χ1n) is 12.0. The molecule has 0 aliphatic heterocycles. The molecule has 0 unspecified atom stereocenters. The van der Waals surface area contributed by atoms with E-state index >= 15 is 0 Å². The summed E-state index contributed by atoms with van der Waals surface area (Å²) >= 11 is 0. The molecule has 0 radical (unpaired) electrons. The Morgan fingerprint density at radius 1 is 1.03 bits per heavy atom. The number of carbonyl (C=O) groups is 2. The molecule has 34 heavy (non-hydrogen) atoms. The smallest absolute Gasteiger partial charge is 0.318 e. The Bertz CT molecular complexity index is 1010. The standard InChI is InChI=1S/C27H37FN4O2/c1-27(2,3)30-26(34)32(23-12-7-6-8-13-23)18-20-17-22(14-15-24(20)31(4)5)29-25(33)19-10-9-11-21(28)16-19/h9-11,14-17,23H,6-8,12-13,18H2,1-5H3,(H,29,33)(H,30,34). The van der Waals surface area contributed by atoms with E-state index in [1.807, 2.05) is 62.9 Å². The van der Waals surface area contributed by atoms with E-state index in [1.165, 1.54) is 24.6 Å². The zero-order valence-electron chi connectivity index (χ0n) is 21.0. The van der Waals surface area contributed by atoms with Crippen molar-refractivity contribution < 1.29 is 14.0 Å². The number of hydrogen-bond donors (Lipinski definition) is 2. The molecule has 0 heterocycles. The maximum absolute atomic E-state index is 13.6. The number of rotatable bonds is 6. The van der Waals surface area contributed by atoms with E-state index in [0.717, 1.165) is 36.9 Å². The zero-order valence-corrected chi connectivity index (χ0v) is 21.0. The van der Waals surface area contributed by atoms with E-state index in [4.69, 9.17) is 0 Å². The van der Waals surface area contributed by atoms with Crippen LogP contribution in [0.3, 0.4) is 0 Å². The van der Waals surface area contributed by atoms with Gasteiger partial charge in [0.15, 0.2) is 0 Å². The van der Waals surface area contributed by atoms with Gasteiger partial charge in [-0.25, -0.2) is 9.18 Å². The molecule has 1 aliphatic carbocycles. The number of amides is 3. The summed E-state index contributed by atoms with van der Waals surface area (Å²) in [6.07, 6.45) is 5.42. The maximum Gasteiger partial charge on any atom is 0.318 e. The van der Waals surface area contributed by atoms with Crippen molar-refractivity contribution in [2.24, 2.45) is 0 Å². The first-order chi connectivity index (χ1) is 16.0. The van der Waals surface area contributed by atoms with Gasteiger partial charge in [0.2, 0.25) is 0 Å². The zero-order chi connectivity index (χ0) is 24.9. The monoisotopic (exact) mass is 468 g/mol. The second-order valence-electron chi connectivity index (χ2n) is 10.3. The molecule has 1 aliphatic rings. The van der Waals surface area contributed by atoms with Crippen LogP contribution in [0, 0.1) is 5.82 Å². The van der Waals surface area contributed by atoms with Gasteiger partial charge in [-0.1, -0.05) is 25.3 Å². The van der Waals surface area contributed by atoms with Crippen molar-refractivity contribution in [3.8, 4) is 0 Å². The molecule has 2 aromatic carbocycles. The van der Waals surface area contributed by atoms with Crippen LogP contribution in [-0.2, 0) is 6.54 Å². The van der Waals surface area contributed by atoms with Gasteiger partial charge in [-0.2, -0.15) is 0 Å². The first kappa shape index (κ1) is 25.5. The third-order valence-corrected chi connectivity index (χ3v) is 6.00. The van der Waals surface area contributed by atoms with Crippen molar-refractivity contribution in [2.45, 2.75) is 71.0 Å². The van der Waals surface area contributed by atoms with Crippen molar-refractivity contribution in [2.75, 3.05) is 24.3 Å². The lowest BCUT2D eigenvalue weighted by molar-refractivity contribution is 0.102. The SMILES string of the molecule is CN(C)c1ccc(NC(=O)c2cccc(F)c2)cc1CN(C(=O)NC(C)(C)C)C1CCCCC1. The molecule has 7 heteroatoms. The van der Waals surface area contributed by atoms with E-state index in [-0.39, 0.29) is 29.1 Å². The summed E-state index contributed by atoms with van der Waals surface area (Å²) in [5.41, 5.74) is 2.45. The Kier molecular flexibility index (Phi) is 8.18. The summed E-state index contributed by atoms with van der Waals surface area (Å²) in [5.74, 6) is -0.832. The Balaban J connectivity index is 1.89. The van der Waals surface area contributed by atoms with Crippen LogP contribution in [0.1, 0.15) is 68.8 Å². The average Bonchev–Trinajstić information content (AvgIpc) is 2.76. The molecule has 184 valence electrons. The minimum absolute atomic E-state index is 0.0710. The largest absolute Gasteiger partial charge is 0.377 e. The van der Waals surface area contributed by atoms with E-state index in [0.29, 0.717) is 12.2 Å². The summed E-state index contributed by atoms with van der Waals surface area (Å²) < 4.78 is 13.6. The normalized spacial score (nSPS) is 14.4.